The van der Waals surface area contributed by atoms with Crippen LogP contribution < -0.4 is 10.5 Å². The lowest BCUT2D eigenvalue weighted by molar-refractivity contribution is 0.267. The molecule has 1 aliphatic rings. The summed E-state index contributed by atoms with van der Waals surface area (Å²) in [4.78, 5) is 0. The lowest BCUT2D eigenvalue weighted by Crippen LogP contribution is -2.14. The van der Waals surface area contributed by atoms with E-state index in [0.717, 1.165) is 24.2 Å². The van der Waals surface area contributed by atoms with Crippen molar-refractivity contribution >= 4 is 0 Å². The highest BCUT2D eigenvalue weighted by atomic mass is 16.5. The average molecular weight is 193 g/mol. The van der Waals surface area contributed by atoms with Gasteiger partial charge >= 0.3 is 0 Å². The fourth-order valence-electron chi connectivity index (χ4n) is 1.28. The second-order valence-electron chi connectivity index (χ2n) is 3.68. The van der Waals surface area contributed by atoms with E-state index in [0.29, 0.717) is 6.10 Å². The highest BCUT2D eigenvalue weighted by molar-refractivity contribution is 5.29. The quantitative estimate of drug-likeness (QED) is 0.756. The molecule has 3 nitrogen and oxygen atoms in total. The Morgan fingerprint density at radius 1 is 1.36 bits per heavy atom. The molecule has 1 aromatic rings. The Morgan fingerprint density at radius 3 is 2.50 bits per heavy atom. The van der Waals surface area contributed by atoms with Crippen molar-refractivity contribution in [2.45, 2.75) is 25.0 Å². The summed E-state index contributed by atoms with van der Waals surface area (Å²) in [5.74, 6) is 0.890. The molecule has 1 aromatic carbocycles. The first-order chi connectivity index (χ1) is 6.79. The molecule has 3 heteroatoms. The van der Waals surface area contributed by atoms with Gasteiger partial charge in [0.15, 0.2) is 0 Å². The SMILES string of the molecule is N[C@H](CO)c1ccc(OC2CC2)cc1. The molecule has 1 saturated carbocycles. The van der Waals surface area contributed by atoms with Gasteiger partial charge in [-0.2, -0.15) is 0 Å². The summed E-state index contributed by atoms with van der Waals surface area (Å²) < 4.78 is 5.59. The molecule has 2 rings (SSSR count). The van der Waals surface area contributed by atoms with E-state index in [1.54, 1.807) is 0 Å². The minimum absolute atomic E-state index is 0.0250. The van der Waals surface area contributed by atoms with Gasteiger partial charge in [0.1, 0.15) is 5.75 Å². The summed E-state index contributed by atoms with van der Waals surface area (Å²) >= 11 is 0. The monoisotopic (exact) mass is 193 g/mol. The Labute approximate surface area is 83.5 Å². The molecule has 0 aromatic heterocycles. The second-order valence-corrected chi connectivity index (χ2v) is 3.68. The molecule has 0 amide bonds. The van der Waals surface area contributed by atoms with Crippen LogP contribution in [0.2, 0.25) is 0 Å². The van der Waals surface area contributed by atoms with Gasteiger partial charge in [-0.25, -0.2) is 0 Å². The van der Waals surface area contributed by atoms with Gasteiger partial charge in [-0.1, -0.05) is 12.1 Å². The third-order valence-corrected chi connectivity index (χ3v) is 2.33. The minimum Gasteiger partial charge on any atom is -0.490 e. The molecule has 0 heterocycles. The highest BCUT2D eigenvalue weighted by Gasteiger charge is 2.23. The molecule has 0 spiro atoms. The fraction of sp³-hybridized carbons (Fsp3) is 0.455. The molecular weight excluding hydrogens is 178 g/mol. The van der Waals surface area contributed by atoms with E-state index in [1.807, 2.05) is 24.3 Å². The van der Waals surface area contributed by atoms with E-state index in [9.17, 15) is 0 Å². The third kappa shape index (κ3) is 2.25. The molecule has 0 saturated heterocycles. The molecule has 1 atom stereocenters. The van der Waals surface area contributed by atoms with Crippen LogP contribution in [-0.2, 0) is 0 Å². The van der Waals surface area contributed by atoms with Gasteiger partial charge in [0.05, 0.1) is 18.8 Å². The zero-order valence-electron chi connectivity index (χ0n) is 8.02. The van der Waals surface area contributed by atoms with Gasteiger partial charge in [-0.05, 0) is 30.5 Å². The average Bonchev–Trinajstić information content (AvgIpc) is 3.02. The molecule has 0 bridgehead atoms. The molecule has 1 fully saturated rings. The highest BCUT2D eigenvalue weighted by Crippen LogP contribution is 2.27. The number of ether oxygens (including phenoxy) is 1. The van der Waals surface area contributed by atoms with Crippen molar-refractivity contribution in [1.82, 2.24) is 0 Å². The van der Waals surface area contributed by atoms with Crippen LogP contribution in [0, 0.1) is 0 Å². The molecule has 1 aliphatic carbocycles. The summed E-state index contributed by atoms with van der Waals surface area (Å²) in [5.41, 5.74) is 6.61. The zero-order chi connectivity index (χ0) is 9.97. The molecular formula is C11H15NO2. The number of aliphatic hydroxyl groups excluding tert-OH is 1. The third-order valence-electron chi connectivity index (χ3n) is 2.33. The first-order valence-electron chi connectivity index (χ1n) is 4.92. The van der Waals surface area contributed by atoms with Crippen molar-refractivity contribution in [3.05, 3.63) is 29.8 Å². The van der Waals surface area contributed by atoms with Crippen LogP contribution in [0.4, 0.5) is 0 Å². The Morgan fingerprint density at radius 2 is 2.00 bits per heavy atom. The van der Waals surface area contributed by atoms with Crippen molar-refractivity contribution in [2.75, 3.05) is 6.61 Å². The van der Waals surface area contributed by atoms with Crippen LogP contribution >= 0.6 is 0 Å². The van der Waals surface area contributed by atoms with E-state index >= 15 is 0 Å². The minimum atomic E-state index is -0.287. The predicted molar refractivity (Wildman–Crippen MR) is 54.1 cm³/mol. The van der Waals surface area contributed by atoms with Gasteiger partial charge in [-0.3, -0.25) is 0 Å². The molecule has 76 valence electrons. The zero-order valence-corrected chi connectivity index (χ0v) is 8.02. The topological polar surface area (TPSA) is 55.5 Å². The fourth-order valence-corrected chi connectivity index (χ4v) is 1.28. The largest absolute Gasteiger partial charge is 0.490 e. The first-order valence-corrected chi connectivity index (χ1v) is 4.92. The normalized spacial score (nSPS) is 17.9. The summed E-state index contributed by atoms with van der Waals surface area (Å²) in [6, 6.07) is 7.33. The Hall–Kier alpha value is -1.06. The number of hydrogen-bond acceptors (Lipinski definition) is 3. The van der Waals surface area contributed by atoms with Gasteiger partial charge in [0.25, 0.3) is 0 Å². The first kappa shape index (κ1) is 9.49. The van der Waals surface area contributed by atoms with Crippen LogP contribution in [0.1, 0.15) is 24.4 Å². The number of nitrogens with two attached hydrogens (primary N) is 1. The van der Waals surface area contributed by atoms with Crippen molar-refractivity contribution in [2.24, 2.45) is 5.73 Å². The van der Waals surface area contributed by atoms with Crippen LogP contribution in [0.3, 0.4) is 0 Å². The Balaban J connectivity index is 2.01. The predicted octanol–water partition coefficient (Wildman–Crippen LogP) is 1.22. The number of benzene rings is 1. The molecule has 3 N–H and O–H groups in total. The van der Waals surface area contributed by atoms with Crippen molar-refractivity contribution < 1.29 is 9.84 Å². The molecule has 14 heavy (non-hydrogen) atoms. The maximum atomic E-state index is 8.86. The van der Waals surface area contributed by atoms with E-state index in [-0.39, 0.29) is 12.6 Å². The number of aliphatic hydroxyl groups is 1. The Bertz CT molecular complexity index is 293. The smallest absolute Gasteiger partial charge is 0.119 e. The van der Waals surface area contributed by atoms with Gasteiger partial charge < -0.3 is 15.6 Å². The van der Waals surface area contributed by atoms with Crippen LogP contribution in [0.15, 0.2) is 24.3 Å². The van der Waals surface area contributed by atoms with Gasteiger partial charge in [-0.15, -0.1) is 0 Å². The second kappa shape index (κ2) is 3.98. The van der Waals surface area contributed by atoms with Crippen LogP contribution in [0.5, 0.6) is 5.75 Å². The van der Waals surface area contributed by atoms with E-state index < -0.39 is 0 Å². The summed E-state index contributed by atoms with van der Waals surface area (Å²) in [7, 11) is 0. The molecule has 0 aliphatic heterocycles. The standard InChI is InChI=1S/C11H15NO2/c12-11(7-13)8-1-3-9(4-2-8)14-10-5-6-10/h1-4,10-11,13H,5-7,12H2/t11-/m1/s1. The lowest BCUT2D eigenvalue weighted by Gasteiger charge is -2.09. The van der Waals surface area contributed by atoms with Crippen molar-refractivity contribution in [3.8, 4) is 5.75 Å². The summed E-state index contributed by atoms with van der Waals surface area (Å²) in [6.07, 6.45) is 2.75. The maximum absolute atomic E-state index is 8.86. The van der Waals surface area contributed by atoms with Crippen LogP contribution in [0.25, 0.3) is 0 Å². The number of hydrogen-bond donors (Lipinski definition) is 2. The van der Waals surface area contributed by atoms with Crippen molar-refractivity contribution in [3.63, 3.8) is 0 Å². The summed E-state index contributed by atoms with van der Waals surface area (Å²) in [6.45, 7) is -0.0250. The van der Waals surface area contributed by atoms with E-state index in [4.69, 9.17) is 15.6 Å². The number of rotatable bonds is 4. The van der Waals surface area contributed by atoms with E-state index in [1.165, 1.54) is 0 Å². The summed E-state index contributed by atoms with van der Waals surface area (Å²) in [5, 5.41) is 8.86. The Kier molecular flexibility index (Phi) is 2.70. The van der Waals surface area contributed by atoms with Crippen molar-refractivity contribution in [1.29, 1.82) is 0 Å². The van der Waals surface area contributed by atoms with Crippen LogP contribution in [-0.4, -0.2) is 17.8 Å². The van der Waals surface area contributed by atoms with E-state index in [2.05, 4.69) is 0 Å². The molecule has 0 unspecified atom stereocenters. The maximum Gasteiger partial charge on any atom is 0.119 e. The lowest BCUT2D eigenvalue weighted by atomic mass is 10.1. The van der Waals surface area contributed by atoms with Gasteiger partial charge in [0.2, 0.25) is 0 Å². The molecule has 0 radical (unpaired) electrons. The van der Waals surface area contributed by atoms with Gasteiger partial charge in [0, 0.05) is 0 Å².